The van der Waals surface area contributed by atoms with Crippen molar-refractivity contribution in [1.82, 2.24) is 9.97 Å². The number of thioether (sulfide) groups is 1. The Labute approximate surface area is 116 Å². The number of nitrogens with zero attached hydrogens (tertiary/aromatic N) is 3. The van der Waals surface area contributed by atoms with Gasteiger partial charge in [-0.3, -0.25) is 0 Å². The minimum Gasteiger partial charge on any atom is -0.494 e. The number of fused-ring (bicyclic) bond motifs is 1. The molecular weight excluding hydrogens is 265 g/mol. The predicted octanol–water partition coefficient (Wildman–Crippen LogP) is 2.58. The van der Waals surface area contributed by atoms with Crippen LogP contribution in [0.5, 0.6) is 5.75 Å². The van der Waals surface area contributed by atoms with Gasteiger partial charge in [0, 0.05) is 30.8 Å². The molecule has 4 nitrogen and oxygen atoms in total. The molecule has 6 heteroatoms. The number of methoxy groups -OCH3 is 1. The van der Waals surface area contributed by atoms with Crippen LogP contribution in [0.1, 0.15) is 0 Å². The lowest BCUT2D eigenvalue weighted by Gasteiger charge is -2.19. The lowest BCUT2D eigenvalue weighted by atomic mass is 10.2. The highest BCUT2D eigenvalue weighted by atomic mass is 32.2. The molecule has 0 aliphatic heterocycles. The van der Waals surface area contributed by atoms with Gasteiger partial charge in [-0.25, -0.2) is 14.4 Å². The molecule has 0 bridgehead atoms. The first-order valence-electron chi connectivity index (χ1n) is 5.85. The standard InChI is InChI=1S/C13H16FN3OS/c1-17(4-5-19-3)13-9-6-12(18-2)10(14)7-11(9)15-8-16-13/h6-8H,4-5H2,1-3H3. The first kappa shape index (κ1) is 13.9. The lowest BCUT2D eigenvalue weighted by molar-refractivity contribution is 0.387. The summed E-state index contributed by atoms with van der Waals surface area (Å²) in [4.78, 5) is 10.4. The Bertz CT molecular complexity index is 579. The maximum absolute atomic E-state index is 13.7. The zero-order chi connectivity index (χ0) is 13.8. The second kappa shape index (κ2) is 6.06. The molecule has 0 radical (unpaired) electrons. The largest absolute Gasteiger partial charge is 0.494 e. The van der Waals surface area contributed by atoms with Gasteiger partial charge in [0.05, 0.1) is 12.6 Å². The van der Waals surface area contributed by atoms with E-state index in [-0.39, 0.29) is 5.75 Å². The van der Waals surface area contributed by atoms with Crippen LogP contribution in [0.25, 0.3) is 10.9 Å². The van der Waals surface area contributed by atoms with E-state index in [1.807, 2.05) is 11.9 Å². The summed E-state index contributed by atoms with van der Waals surface area (Å²) in [6, 6.07) is 3.03. The topological polar surface area (TPSA) is 38.2 Å². The number of aromatic nitrogens is 2. The van der Waals surface area contributed by atoms with E-state index >= 15 is 0 Å². The van der Waals surface area contributed by atoms with Crippen LogP contribution in [0.4, 0.5) is 10.2 Å². The summed E-state index contributed by atoms with van der Waals surface area (Å²) in [7, 11) is 3.42. The molecule has 0 spiro atoms. The summed E-state index contributed by atoms with van der Waals surface area (Å²) < 4.78 is 18.7. The van der Waals surface area contributed by atoms with Gasteiger partial charge in [-0.2, -0.15) is 11.8 Å². The van der Waals surface area contributed by atoms with Gasteiger partial charge in [-0.05, 0) is 12.3 Å². The molecule has 2 rings (SSSR count). The number of anilines is 1. The van der Waals surface area contributed by atoms with E-state index in [2.05, 4.69) is 16.2 Å². The molecular formula is C13H16FN3OS. The van der Waals surface area contributed by atoms with Crippen molar-refractivity contribution in [3.8, 4) is 5.75 Å². The van der Waals surface area contributed by atoms with E-state index in [4.69, 9.17) is 4.74 Å². The average Bonchev–Trinajstić information content (AvgIpc) is 2.43. The van der Waals surface area contributed by atoms with E-state index < -0.39 is 5.82 Å². The zero-order valence-corrected chi connectivity index (χ0v) is 12.0. The molecule has 2 aromatic rings. The van der Waals surface area contributed by atoms with Crippen LogP contribution in [0.3, 0.4) is 0 Å². The predicted molar refractivity (Wildman–Crippen MR) is 77.7 cm³/mol. The van der Waals surface area contributed by atoms with Gasteiger partial charge in [-0.1, -0.05) is 0 Å². The first-order valence-corrected chi connectivity index (χ1v) is 7.25. The van der Waals surface area contributed by atoms with E-state index in [1.165, 1.54) is 19.5 Å². The quantitative estimate of drug-likeness (QED) is 0.842. The summed E-state index contributed by atoms with van der Waals surface area (Å²) in [6.45, 7) is 0.868. The van der Waals surface area contributed by atoms with E-state index in [9.17, 15) is 4.39 Å². The monoisotopic (exact) mass is 281 g/mol. The average molecular weight is 281 g/mol. The molecule has 0 amide bonds. The molecule has 0 saturated carbocycles. The Kier molecular flexibility index (Phi) is 4.42. The number of ether oxygens (including phenoxy) is 1. The molecule has 0 atom stereocenters. The highest BCUT2D eigenvalue weighted by Crippen LogP contribution is 2.28. The third kappa shape index (κ3) is 2.89. The van der Waals surface area contributed by atoms with E-state index in [1.54, 1.807) is 17.8 Å². The molecule has 1 aromatic heterocycles. The molecule has 19 heavy (non-hydrogen) atoms. The highest BCUT2D eigenvalue weighted by Gasteiger charge is 2.12. The van der Waals surface area contributed by atoms with Crippen LogP contribution in [0.15, 0.2) is 18.5 Å². The summed E-state index contributed by atoms with van der Waals surface area (Å²) in [5, 5.41) is 0.796. The summed E-state index contributed by atoms with van der Waals surface area (Å²) in [5.74, 6) is 1.59. The van der Waals surface area contributed by atoms with Crippen molar-refractivity contribution in [2.45, 2.75) is 0 Å². The molecule has 1 heterocycles. The Morgan fingerprint density at radius 2 is 2.16 bits per heavy atom. The van der Waals surface area contributed by atoms with Gasteiger partial charge in [0.15, 0.2) is 11.6 Å². The number of hydrogen-bond acceptors (Lipinski definition) is 5. The maximum Gasteiger partial charge on any atom is 0.167 e. The van der Waals surface area contributed by atoms with Crippen LogP contribution < -0.4 is 9.64 Å². The van der Waals surface area contributed by atoms with Crippen molar-refractivity contribution < 1.29 is 9.13 Å². The Morgan fingerprint density at radius 1 is 1.37 bits per heavy atom. The zero-order valence-electron chi connectivity index (χ0n) is 11.2. The van der Waals surface area contributed by atoms with E-state index in [0.717, 1.165) is 23.5 Å². The smallest absolute Gasteiger partial charge is 0.167 e. The van der Waals surface area contributed by atoms with Gasteiger partial charge in [0.2, 0.25) is 0 Å². The second-order valence-electron chi connectivity index (χ2n) is 4.12. The minimum absolute atomic E-state index is 0.210. The van der Waals surface area contributed by atoms with Gasteiger partial charge >= 0.3 is 0 Å². The molecule has 0 N–H and O–H groups in total. The van der Waals surface area contributed by atoms with Crippen LogP contribution in [-0.4, -0.2) is 42.7 Å². The SMILES string of the molecule is COc1cc2c(N(C)CCSC)ncnc2cc1F. The summed E-state index contributed by atoms with van der Waals surface area (Å²) in [6.07, 6.45) is 3.52. The Hall–Kier alpha value is -1.56. The fourth-order valence-corrected chi connectivity index (χ4v) is 2.30. The van der Waals surface area contributed by atoms with Crippen LogP contribution >= 0.6 is 11.8 Å². The van der Waals surface area contributed by atoms with E-state index in [0.29, 0.717) is 5.52 Å². The van der Waals surface area contributed by atoms with Gasteiger partial charge in [0.25, 0.3) is 0 Å². The molecule has 0 unspecified atom stereocenters. The van der Waals surface area contributed by atoms with Crippen LogP contribution in [-0.2, 0) is 0 Å². The number of rotatable bonds is 5. The van der Waals surface area contributed by atoms with Crippen LogP contribution in [0, 0.1) is 5.82 Å². The summed E-state index contributed by atoms with van der Waals surface area (Å²) >= 11 is 1.77. The normalized spacial score (nSPS) is 10.7. The first-order chi connectivity index (χ1) is 9.17. The summed E-state index contributed by atoms with van der Waals surface area (Å²) in [5.41, 5.74) is 0.583. The van der Waals surface area contributed by atoms with Gasteiger partial charge in [0.1, 0.15) is 12.1 Å². The van der Waals surface area contributed by atoms with Crippen molar-refractivity contribution in [2.24, 2.45) is 0 Å². The third-order valence-corrected chi connectivity index (χ3v) is 3.47. The number of hydrogen-bond donors (Lipinski definition) is 0. The lowest BCUT2D eigenvalue weighted by Crippen LogP contribution is -2.21. The molecule has 102 valence electrons. The highest BCUT2D eigenvalue weighted by molar-refractivity contribution is 7.98. The molecule has 0 aliphatic carbocycles. The minimum atomic E-state index is -0.411. The van der Waals surface area contributed by atoms with Crippen molar-refractivity contribution in [1.29, 1.82) is 0 Å². The molecule has 0 fully saturated rings. The van der Waals surface area contributed by atoms with Crippen molar-refractivity contribution in [3.63, 3.8) is 0 Å². The van der Waals surface area contributed by atoms with Crippen molar-refractivity contribution in [2.75, 3.05) is 37.6 Å². The Morgan fingerprint density at radius 3 is 2.84 bits per heavy atom. The molecule has 1 aromatic carbocycles. The fraction of sp³-hybridized carbons (Fsp3) is 0.385. The number of halogens is 1. The molecule has 0 aliphatic rings. The third-order valence-electron chi connectivity index (χ3n) is 2.88. The van der Waals surface area contributed by atoms with Crippen molar-refractivity contribution in [3.05, 3.63) is 24.3 Å². The number of benzene rings is 1. The van der Waals surface area contributed by atoms with Gasteiger partial charge in [-0.15, -0.1) is 0 Å². The van der Waals surface area contributed by atoms with Crippen molar-refractivity contribution >= 4 is 28.5 Å². The second-order valence-corrected chi connectivity index (χ2v) is 5.10. The maximum atomic E-state index is 13.7. The van der Waals surface area contributed by atoms with Crippen LogP contribution in [0.2, 0.25) is 0 Å². The fourth-order valence-electron chi connectivity index (χ4n) is 1.84. The Balaban J connectivity index is 2.49. The molecule has 0 saturated heterocycles. The van der Waals surface area contributed by atoms with Gasteiger partial charge < -0.3 is 9.64 Å².